The van der Waals surface area contributed by atoms with Gasteiger partial charge in [0.05, 0.1) is 16.7 Å². The molecule has 1 aliphatic heterocycles. The lowest BCUT2D eigenvalue weighted by Crippen LogP contribution is -2.37. The van der Waals surface area contributed by atoms with Crippen molar-refractivity contribution in [3.8, 4) is 0 Å². The Kier molecular flexibility index (Phi) is 5.20. The van der Waals surface area contributed by atoms with Crippen LogP contribution in [-0.4, -0.2) is 49.1 Å². The summed E-state index contributed by atoms with van der Waals surface area (Å²) < 4.78 is 5.66. The van der Waals surface area contributed by atoms with Gasteiger partial charge < -0.3 is 15.0 Å². The Hall–Kier alpha value is -1.33. The van der Waals surface area contributed by atoms with Crippen LogP contribution in [-0.2, 0) is 4.74 Å². The van der Waals surface area contributed by atoms with E-state index in [1.807, 2.05) is 0 Å². The zero-order chi connectivity index (χ0) is 14.5. The molecular formula is C14H20ClN3O2. The van der Waals surface area contributed by atoms with Gasteiger partial charge in [-0.3, -0.25) is 4.79 Å². The van der Waals surface area contributed by atoms with E-state index in [1.54, 1.807) is 25.1 Å². The van der Waals surface area contributed by atoms with E-state index in [0.29, 0.717) is 22.9 Å². The molecule has 0 radical (unpaired) electrons. The molecule has 6 heteroatoms. The van der Waals surface area contributed by atoms with Crippen molar-refractivity contribution in [1.82, 2.24) is 9.88 Å². The quantitative estimate of drug-likeness (QED) is 0.927. The zero-order valence-electron chi connectivity index (χ0n) is 11.9. The highest BCUT2D eigenvalue weighted by Gasteiger charge is 2.21. The van der Waals surface area contributed by atoms with Crippen LogP contribution in [0.4, 0.5) is 5.82 Å². The molecule has 1 amide bonds. The van der Waals surface area contributed by atoms with Gasteiger partial charge in [0.1, 0.15) is 5.82 Å². The number of hydrogen-bond acceptors (Lipinski definition) is 4. The van der Waals surface area contributed by atoms with Crippen molar-refractivity contribution in [3.05, 3.63) is 22.8 Å². The average Bonchev–Trinajstić information content (AvgIpc) is 2.48. The Morgan fingerprint density at radius 3 is 3.05 bits per heavy atom. The molecule has 2 rings (SSSR count). The average molecular weight is 298 g/mol. The van der Waals surface area contributed by atoms with Gasteiger partial charge in [0, 0.05) is 33.4 Å². The molecule has 0 aromatic carbocycles. The molecule has 2 heterocycles. The maximum atomic E-state index is 12.4. The summed E-state index contributed by atoms with van der Waals surface area (Å²) in [7, 11) is 3.53. The molecule has 1 unspecified atom stereocenters. The van der Waals surface area contributed by atoms with Crippen molar-refractivity contribution < 1.29 is 9.53 Å². The number of hydrogen-bond donors (Lipinski definition) is 1. The number of nitrogens with zero attached hydrogens (tertiary/aromatic N) is 2. The number of carbonyl (C=O) groups is 1. The Bertz CT molecular complexity index is 475. The van der Waals surface area contributed by atoms with Crippen molar-refractivity contribution in [2.75, 3.05) is 32.6 Å². The second-order valence-corrected chi connectivity index (χ2v) is 5.38. The van der Waals surface area contributed by atoms with Crippen LogP contribution in [0.3, 0.4) is 0 Å². The molecule has 0 saturated carbocycles. The Labute approximate surface area is 124 Å². The van der Waals surface area contributed by atoms with E-state index in [0.717, 1.165) is 25.9 Å². The zero-order valence-corrected chi connectivity index (χ0v) is 12.6. The van der Waals surface area contributed by atoms with Crippen molar-refractivity contribution >= 4 is 23.3 Å². The number of carbonyl (C=O) groups excluding carboxylic acids is 1. The number of amides is 1. The molecule has 0 aliphatic carbocycles. The lowest BCUT2D eigenvalue weighted by molar-refractivity contribution is -0.000185. The second kappa shape index (κ2) is 6.90. The van der Waals surface area contributed by atoms with E-state index >= 15 is 0 Å². The molecule has 1 aromatic heterocycles. The summed E-state index contributed by atoms with van der Waals surface area (Å²) in [4.78, 5) is 18.2. The summed E-state index contributed by atoms with van der Waals surface area (Å²) in [6, 6.07) is 1.67. The van der Waals surface area contributed by atoms with Crippen LogP contribution in [0.25, 0.3) is 0 Å². The van der Waals surface area contributed by atoms with Gasteiger partial charge in [0.2, 0.25) is 0 Å². The van der Waals surface area contributed by atoms with Gasteiger partial charge in [0.15, 0.2) is 0 Å². The standard InChI is InChI=1S/C14H20ClN3O2/c1-16-13-7-11(12(15)8-17-13)14(19)18(2)9-10-5-3-4-6-20-10/h7-8,10H,3-6,9H2,1-2H3,(H,16,17). The number of pyridine rings is 1. The molecular weight excluding hydrogens is 278 g/mol. The summed E-state index contributed by atoms with van der Waals surface area (Å²) in [5.41, 5.74) is 0.462. The lowest BCUT2D eigenvalue weighted by Gasteiger charge is -2.27. The van der Waals surface area contributed by atoms with Crippen molar-refractivity contribution in [2.24, 2.45) is 0 Å². The number of rotatable bonds is 4. The number of aromatic nitrogens is 1. The summed E-state index contributed by atoms with van der Waals surface area (Å²) in [5, 5.41) is 3.27. The monoisotopic (exact) mass is 297 g/mol. The Morgan fingerprint density at radius 2 is 2.40 bits per heavy atom. The fourth-order valence-electron chi connectivity index (χ4n) is 2.28. The van der Waals surface area contributed by atoms with Crippen LogP contribution in [0.2, 0.25) is 5.02 Å². The van der Waals surface area contributed by atoms with Crippen LogP contribution in [0.1, 0.15) is 29.6 Å². The number of likely N-dealkylation sites (N-methyl/N-ethyl adjacent to an activating group) is 1. The molecule has 1 aliphatic rings. The van der Waals surface area contributed by atoms with E-state index in [1.165, 1.54) is 6.20 Å². The molecule has 1 aromatic rings. The minimum Gasteiger partial charge on any atom is -0.376 e. The van der Waals surface area contributed by atoms with Gasteiger partial charge in [0.25, 0.3) is 5.91 Å². The topological polar surface area (TPSA) is 54.5 Å². The summed E-state index contributed by atoms with van der Waals surface area (Å²) in [6.45, 7) is 1.37. The van der Waals surface area contributed by atoms with Crippen LogP contribution < -0.4 is 5.32 Å². The predicted octanol–water partition coefficient (Wildman–Crippen LogP) is 2.42. The SMILES string of the molecule is CNc1cc(C(=O)N(C)CC2CCCCO2)c(Cl)cn1. The largest absolute Gasteiger partial charge is 0.376 e. The highest BCUT2D eigenvalue weighted by Crippen LogP contribution is 2.20. The number of nitrogens with one attached hydrogen (secondary N) is 1. The maximum absolute atomic E-state index is 12.4. The highest BCUT2D eigenvalue weighted by molar-refractivity contribution is 6.33. The third kappa shape index (κ3) is 3.61. The number of halogens is 1. The van der Waals surface area contributed by atoms with E-state index in [4.69, 9.17) is 16.3 Å². The van der Waals surface area contributed by atoms with E-state index in [2.05, 4.69) is 10.3 Å². The highest BCUT2D eigenvalue weighted by atomic mass is 35.5. The normalized spacial score (nSPS) is 18.6. The third-order valence-electron chi connectivity index (χ3n) is 3.44. The third-order valence-corrected chi connectivity index (χ3v) is 3.74. The van der Waals surface area contributed by atoms with E-state index < -0.39 is 0 Å². The van der Waals surface area contributed by atoms with Crippen LogP contribution in [0.5, 0.6) is 0 Å². The Morgan fingerprint density at radius 1 is 1.60 bits per heavy atom. The summed E-state index contributed by atoms with van der Waals surface area (Å²) in [5.74, 6) is 0.517. The first-order valence-electron chi connectivity index (χ1n) is 6.82. The first-order valence-corrected chi connectivity index (χ1v) is 7.20. The minimum absolute atomic E-state index is 0.108. The molecule has 0 spiro atoms. The predicted molar refractivity (Wildman–Crippen MR) is 79.3 cm³/mol. The molecule has 110 valence electrons. The van der Waals surface area contributed by atoms with Crippen molar-refractivity contribution in [1.29, 1.82) is 0 Å². The molecule has 20 heavy (non-hydrogen) atoms. The number of ether oxygens (including phenoxy) is 1. The molecule has 1 atom stereocenters. The first-order chi connectivity index (χ1) is 9.61. The smallest absolute Gasteiger partial charge is 0.255 e. The molecule has 1 fully saturated rings. The first kappa shape index (κ1) is 15.1. The van der Waals surface area contributed by atoms with Gasteiger partial charge in [-0.05, 0) is 25.3 Å². The summed E-state index contributed by atoms with van der Waals surface area (Å²) in [6.07, 6.45) is 4.89. The fourth-order valence-corrected chi connectivity index (χ4v) is 2.47. The van der Waals surface area contributed by atoms with Gasteiger partial charge in [-0.15, -0.1) is 0 Å². The maximum Gasteiger partial charge on any atom is 0.255 e. The van der Waals surface area contributed by atoms with Crippen molar-refractivity contribution in [3.63, 3.8) is 0 Å². The van der Waals surface area contributed by atoms with E-state index in [9.17, 15) is 4.79 Å². The number of anilines is 1. The molecule has 0 bridgehead atoms. The minimum atomic E-state index is -0.108. The van der Waals surface area contributed by atoms with Crippen LogP contribution >= 0.6 is 11.6 Å². The summed E-state index contributed by atoms with van der Waals surface area (Å²) >= 11 is 6.07. The van der Waals surface area contributed by atoms with Gasteiger partial charge >= 0.3 is 0 Å². The van der Waals surface area contributed by atoms with Crippen LogP contribution in [0.15, 0.2) is 12.3 Å². The molecule has 5 nitrogen and oxygen atoms in total. The fraction of sp³-hybridized carbons (Fsp3) is 0.571. The van der Waals surface area contributed by atoms with Crippen molar-refractivity contribution in [2.45, 2.75) is 25.4 Å². The van der Waals surface area contributed by atoms with Gasteiger partial charge in [-0.25, -0.2) is 4.98 Å². The Balaban J connectivity index is 2.05. The van der Waals surface area contributed by atoms with Crippen LogP contribution in [0, 0.1) is 0 Å². The van der Waals surface area contributed by atoms with Gasteiger partial charge in [-0.2, -0.15) is 0 Å². The molecule has 1 N–H and O–H groups in total. The second-order valence-electron chi connectivity index (χ2n) is 4.97. The molecule has 1 saturated heterocycles. The lowest BCUT2D eigenvalue weighted by atomic mass is 10.1. The van der Waals surface area contributed by atoms with E-state index in [-0.39, 0.29) is 12.0 Å². The van der Waals surface area contributed by atoms with Gasteiger partial charge in [-0.1, -0.05) is 11.6 Å².